The van der Waals surface area contributed by atoms with Crippen LogP contribution in [0.2, 0.25) is 0 Å². The first-order valence-corrected chi connectivity index (χ1v) is 13.4. The van der Waals surface area contributed by atoms with Gasteiger partial charge in [0.05, 0.1) is 6.54 Å². The number of aromatic nitrogens is 4. The number of tetrazole rings is 1. The second-order valence-corrected chi connectivity index (χ2v) is 10.2. The molecule has 0 saturated carbocycles. The Morgan fingerprint density at radius 2 is 1.79 bits per heavy atom. The molecule has 10 heteroatoms. The van der Waals surface area contributed by atoms with E-state index in [1.165, 1.54) is 24.0 Å². The fraction of sp³-hybridized carbons (Fsp3) is 0.179. The number of nitrogens with one attached hydrogen (secondary N) is 3. The van der Waals surface area contributed by atoms with Gasteiger partial charge in [0, 0.05) is 20.5 Å². The molecule has 3 amide bonds. The van der Waals surface area contributed by atoms with Crippen LogP contribution in [0.4, 0.5) is 22.1 Å². The van der Waals surface area contributed by atoms with Crippen molar-refractivity contribution in [3.63, 3.8) is 0 Å². The second kappa shape index (κ2) is 12.0. The van der Waals surface area contributed by atoms with E-state index in [0.717, 1.165) is 33.4 Å². The molecule has 38 heavy (non-hydrogen) atoms. The van der Waals surface area contributed by atoms with Crippen molar-refractivity contribution < 1.29 is 9.59 Å². The maximum absolute atomic E-state index is 13.5. The quantitative estimate of drug-likeness (QED) is 0.212. The molecule has 4 aromatic rings. The number of carbonyl (C=O) groups is 2. The molecule has 3 aromatic carbocycles. The average Bonchev–Trinajstić information content (AvgIpc) is 3.46. The monoisotopic (exact) mass is 619 g/mol. The SMILES string of the molecule is O=C(Nc1nn[nH]n1)c1ccc(CN(C(=O)Nc2cccc(I)c2)c2ccc(C3=CCCCC3)cc2)cc1. The van der Waals surface area contributed by atoms with Crippen molar-refractivity contribution >= 4 is 57.4 Å². The Morgan fingerprint density at radius 3 is 2.47 bits per heavy atom. The van der Waals surface area contributed by atoms with E-state index in [9.17, 15) is 9.59 Å². The number of H-pyrrole nitrogens is 1. The van der Waals surface area contributed by atoms with Gasteiger partial charge in [-0.1, -0.05) is 41.5 Å². The van der Waals surface area contributed by atoms with Gasteiger partial charge >= 0.3 is 6.03 Å². The van der Waals surface area contributed by atoms with Crippen LogP contribution in [0, 0.1) is 3.57 Å². The number of amides is 3. The lowest BCUT2D eigenvalue weighted by Crippen LogP contribution is -2.34. The average molecular weight is 619 g/mol. The first-order valence-electron chi connectivity index (χ1n) is 12.3. The lowest BCUT2D eigenvalue weighted by atomic mass is 9.93. The summed E-state index contributed by atoms with van der Waals surface area (Å²) in [5.41, 5.74) is 5.39. The Morgan fingerprint density at radius 1 is 0.974 bits per heavy atom. The third-order valence-corrected chi connectivity index (χ3v) is 6.96. The van der Waals surface area contributed by atoms with Crippen LogP contribution in [0.1, 0.15) is 47.2 Å². The number of benzene rings is 3. The van der Waals surface area contributed by atoms with E-state index in [-0.39, 0.29) is 17.9 Å². The molecule has 1 heterocycles. The second-order valence-electron chi connectivity index (χ2n) is 8.94. The number of urea groups is 1. The van der Waals surface area contributed by atoms with Gasteiger partial charge in [0.2, 0.25) is 0 Å². The third kappa shape index (κ3) is 6.43. The van der Waals surface area contributed by atoms with E-state index >= 15 is 0 Å². The number of hydrogen-bond donors (Lipinski definition) is 3. The van der Waals surface area contributed by atoms with E-state index in [1.807, 2.05) is 48.5 Å². The van der Waals surface area contributed by atoms with Crippen LogP contribution in [-0.2, 0) is 6.54 Å². The molecule has 0 spiro atoms. The first kappa shape index (κ1) is 25.6. The zero-order valence-corrected chi connectivity index (χ0v) is 22.7. The lowest BCUT2D eigenvalue weighted by Gasteiger charge is -2.24. The van der Waals surface area contributed by atoms with Gasteiger partial charge in [-0.05, 0) is 113 Å². The van der Waals surface area contributed by atoms with E-state index in [2.05, 4.69) is 72.1 Å². The number of carbonyl (C=O) groups excluding carboxylic acids is 2. The van der Waals surface area contributed by atoms with E-state index < -0.39 is 0 Å². The van der Waals surface area contributed by atoms with Crippen LogP contribution >= 0.6 is 22.6 Å². The number of halogens is 1. The van der Waals surface area contributed by atoms with Gasteiger partial charge < -0.3 is 5.32 Å². The summed E-state index contributed by atoms with van der Waals surface area (Å²) in [6, 6.07) is 22.7. The molecule has 0 atom stereocenters. The summed E-state index contributed by atoms with van der Waals surface area (Å²) >= 11 is 2.22. The smallest absolute Gasteiger partial charge is 0.307 e. The molecule has 0 saturated heterocycles. The summed E-state index contributed by atoms with van der Waals surface area (Å²) in [6.07, 6.45) is 6.97. The molecule has 0 aliphatic heterocycles. The zero-order valence-electron chi connectivity index (χ0n) is 20.5. The highest BCUT2D eigenvalue weighted by Gasteiger charge is 2.18. The number of hydrogen-bond acceptors (Lipinski definition) is 5. The third-order valence-electron chi connectivity index (χ3n) is 6.29. The Balaban J connectivity index is 1.36. The molecule has 1 aromatic heterocycles. The van der Waals surface area contributed by atoms with Crippen LogP contribution in [-0.4, -0.2) is 32.6 Å². The fourth-order valence-corrected chi connectivity index (χ4v) is 4.87. The molecular formula is C28H26IN7O2. The van der Waals surface area contributed by atoms with Gasteiger partial charge in [-0.3, -0.25) is 15.0 Å². The Labute approximate surface area is 233 Å². The van der Waals surface area contributed by atoms with Crippen molar-refractivity contribution in [3.8, 4) is 0 Å². The van der Waals surface area contributed by atoms with Gasteiger partial charge in [0.1, 0.15) is 0 Å². The summed E-state index contributed by atoms with van der Waals surface area (Å²) in [5.74, 6) is -0.247. The zero-order chi connectivity index (χ0) is 26.3. The predicted octanol–water partition coefficient (Wildman–Crippen LogP) is 6.25. The van der Waals surface area contributed by atoms with Gasteiger partial charge in [0.25, 0.3) is 11.9 Å². The van der Waals surface area contributed by atoms with Gasteiger partial charge in [-0.2, -0.15) is 5.21 Å². The minimum absolute atomic E-state index is 0.102. The van der Waals surface area contributed by atoms with Gasteiger partial charge in [0.15, 0.2) is 0 Å². The standard InChI is InChI=1S/C28H26IN7O2/c29-23-7-4-8-24(17-23)30-28(38)36(25-15-13-21(14-16-25)20-5-2-1-3-6-20)18-19-9-11-22(12-10-19)26(37)31-27-32-34-35-33-27/h4-5,7-17H,1-3,6,18H2,(H,30,38)(H2,31,32,33,34,35,37). The summed E-state index contributed by atoms with van der Waals surface area (Å²) in [4.78, 5) is 27.6. The van der Waals surface area contributed by atoms with Gasteiger partial charge in [-0.15, -0.1) is 5.10 Å². The maximum atomic E-state index is 13.5. The van der Waals surface area contributed by atoms with Crippen molar-refractivity contribution in [2.75, 3.05) is 15.5 Å². The van der Waals surface area contributed by atoms with Crippen LogP contribution in [0.25, 0.3) is 5.57 Å². The van der Waals surface area contributed by atoms with Crippen LogP contribution in [0.3, 0.4) is 0 Å². The highest BCUT2D eigenvalue weighted by Crippen LogP contribution is 2.29. The largest absolute Gasteiger partial charge is 0.326 e. The Kier molecular flexibility index (Phi) is 8.07. The molecular weight excluding hydrogens is 593 g/mol. The van der Waals surface area contributed by atoms with E-state index in [1.54, 1.807) is 17.0 Å². The normalized spacial score (nSPS) is 12.9. The Bertz CT molecular complexity index is 1440. The van der Waals surface area contributed by atoms with Crippen molar-refractivity contribution in [1.29, 1.82) is 0 Å². The first-order chi connectivity index (χ1) is 18.5. The summed E-state index contributed by atoms with van der Waals surface area (Å²) in [5, 5.41) is 18.8. The Hall–Kier alpha value is -4.06. The molecule has 0 unspecified atom stereocenters. The summed E-state index contributed by atoms with van der Waals surface area (Å²) < 4.78 is 1.03. The van der Waals surface area contributed by atoms with Crippen molar-refractivity contribution in [1.82, 2.24) is 20.6 Å². The van der Waals surface area contributed by atoms with E-state index in [4.69, 9.17) is 0 Å². The van der Waals surface area contributed by atoms with Crippen molar-refractivity contribution in [2.24, 2.45) is 0 Å². The summed E-state index contributed by atoms with van der Waals surface area (Å²) in [6.45, 7) is 0.324. The van der Waals surface area contributed by atoms with Gasteiger partial charge in [-0.25, -0.2) is 4.79 Å². The number of allylic oxidation sites excluding steroid dienone is 2. The molecule has 3 N–H and O–H groups in total. The topological polar surface area (TPSA) is 116 Å². The lowest BCUT2D eigenvalue weighted by molar-refractivity contribution is 0.102. The molecule has 0 radical (unpaired) electrons. The molecule has 5 rings (SSSR count). The molecule has 0 bridgehead atoms. The maximum Gasteiger partial charge on any atom is 0.326 e. The van der Waals surface area contributed by atoms with E-state index in [0.29, 0.717) is 12.1 Å². The number of nitrogens with zero attached hydrogens (tertiary/aromatic N) is 4. The highest BCUT2D eigenvalue weighted by molar-refractivity contribution is 14.1. The van der Waals surface area contributed by atoms with Crippen LogP contribution < -0.4 is 15.5 Å². The minimum atomic E-state index is -0.348. The summed E-state index contributed by atoms with van der Waals surface area (Å²) in [7, 11) is 0. The number of rotatable bonds is 7. The minimum Gasteiger partial charge on any atom is -0.307 e. The van der Waals surface area contributed by atoms with Crippen molar-refractivity contribution in [3.05, 3.63) is 99.1 Å². The van der Waals surface area contributed by atoms with Crippen LogP contribution in [0.5, 0.6) is 0 Å². The molecule has 1 aliphatic rings. The molecule has 0 fully saturated rings. The highest BCUT2D eigenvalue weighted by atomic mass is 127. The number of aromatic amines is 1. The fourth-order valence-electron chi connectivity index (χ4n) is 4.33. The molecule has 9 nitrogen and oxygen atoms in total. The van der Waals surface area contributed by atoms with Crippen molar-refractivity contribution in [2.45, 2.75) is 32.2 Å². The number of anilines is 3. The molecule has 1 aliphatic carbocycles. The molecule has 192 valence electrons. The predicted molar refractivity (Wildman–Crippen MR) is 156 cm³/mol. The van der Waals surface area contributed by atoms with Crippen LogP contribution in [0.15, 0.2) is 78.9 Å².